The summed E-state index contributed by atoms with van der Waals surface area (Å²) in [4.78, 5) is 4.01. The zero-order valence-corrected chi connectivity index (χ0v) is 12.7. The van der Waals surface area contributed by atoms with Gasteiger partial charge in [0.05, 0.1) is 0 Å². The largest absolute Gasteiger partial charge is 0.458 e. The van der Waals surface area contributed by atoms with Gasteiger partial charge in [0.25, 0.3) is 0 Å². The topological polar surface area (TPSA) is 43.9 Å². The Balaban J connectivity index is 1.77. The van der Waals surface area contributed by atoms with Crippen molar-refractivity contribution in [3.05, 3.63) is 96.5 Å². The molecule has 0 aliphatic rings. The van der Waals surface area contributed by atoms with E-state index in [2.05, 4.69) is 10.1 Å². The van der Waals surface area contributed by atoms with Crippen LogP contribution in [0, 0.1) is 5.82 Å². The van der Waals surface area contributed by atoms with E-state index in [9.17, 15) is 4.39 Å². The zero-order chi connectivity index (χ0) is 16.4. The van der Waals surface area contributed by atoms with Crippen molar-refractivity contribution >= 4 is 0 Å². The minimum atomic E-state index is -0.300. The summed E-state index contributed by atoms with van der Waals surface area (Å²) >= 11 is 0. The Labute approximate surface area is 138 Å². The number of hydrogen-bond donors (Lipinski definition) is 0. The van der Waals surface area contributed by atoms with Gasteiger partial charge in [-0.25, -0.2) is 14.1 Å². The minimum Gasteiger partial charge on any atom is -0.458 e. The van der Waals surface area contributed by atoms with Crippen LogP contribution < -0.4 is 0 Å². The van der Waals surface area contributed by atoms with E-state index in [-0.39, 0.29) is 11.9 Å². The van der Waals surface area contributed by atoms with E-state index >= 15 is 0 Å². The third-order valence-corrected chi connectivity index (χ3v) is 3.84. The monoisotopic (exact) mass is 319 g/mol. The zero-order valence-electron chi connectivity index (χ0n) is 12.7. The van der Waals surface area contributed by atoms with Gasteiger partial charge in [0, 0.05) is 5.56 Å². The fourth-order valence-electron chi connectivity index (χ4n) is 2.70. The molecule has 0 bridgehead atoms. The summed E-state index contributed by atoms with van der Waals surface area (Å²) in [5, 5.41) is 4.23. The molecule has 4 nitrogen and oxygen atoms in total. The lowest BCUT2D eigenvalue weighted by molar-refractivity contribution is 0.448. The number of furan rings is 1. The summed E-state index contributed by atoms with van der Waals surface area (Å²) in [5.41, 5.74) is 1.87. The molecule has 5 heteroatoms. The fraction of sp³-hybridized carbons (Fsp3) is 0.0526. The Bertz CT molecular complexity index is 915. The molecular weight excluding hydrogens is 305 g/mol. The normalized spacial score (nSPS) is 12.2. The third kappa shape index (κ3) is 2.72. The van der Waals surface area contributed by atoms with Crippen LogP contribution in [0.15, 0.2) is 83.8 Å². The molecule has 0 radical (unpaired) electrons. The first-order valence-electron chi connectivity index (χ1n) is 7.56. The first-order chi connectivity index (χ1) is 11.8. The van der Waals surface area contributed by atoms with Crippen LogP contribution in [0.2, 0.25) is 0 Å². The van der Waals surface area contributed by atoms with Gasteiger partial charge in [0.1, 0.15) is 36.0 Å². The summed E-state index contributed by atoms with van der Waals surface area (Å²) < 4.78 is 21.0. The maximum atomic E-state index is 13.3. The molecule has 1 unspecified atom stereocenters. The fourth-order valence-corrected chi connectivity index (χ4v) is 2.70. The van der Waals surface area contributed by atoms with E-state index in [1.165, 1.54) is 18.5 Å². The Hall–Kier alpha value is -3.21. The van der Waals surface area contributed by atoms with Crippen LogP contribution in [0.3, 0.4) is 0 Å². The molecule has 2 aromatic carbocycles. The number of aromatic nitrogens is 3. The number of rotatable bonds is 4. The predicted octanol–water partition coefficient (Wildman–Crippen LogP) is 4.31. The molecule has 0 saturated heterocycles. The Kier molecular flexibility index (Phi) is 3.67. The third-order valence-electron chi connectivity index (χ3n) is 3.84. The predicted molar refractivity (Wildman–Crippen MR) is 87.8 cm³/mol. The average molecular weight is 319 g/mol. The van der Waals surface area contributed by atoms with Crippen LogP contribution in [-0.4, -0.2) is 14.8 Å². The second-order valence-electron chi connectivity index (χ2n) is 5.40. The van der Waals surface area contributed by atoms with E-state index < -0.39 is 0 Å². The van der Waals surface area contributed by atoms with Gasteiger partial charge < -0.3 is 4.42 Å². The summed E-state index contributed by atoms with van der Waals surface area (Å²) in [7, 11) is 0. The van der Waals surface area contributed by atoms with E-state index in [4.69, 9.17) is 4.42 Å². The molecule has 4 aromatic rings. The summed E-state index contributed by atoms with van der Waals surface area (Å²) in [6, 6.07) is 19.7. The van der Waals surface area contributed by atoms with Gasteiger partial charge in [0.2, 0.25) is 0 Å². The molecule has 2 aromatic heterocycles. The molecule has 24 heavy (non-hydrogen) atoms. The standard InChI is InChI=1S/C19H14FN3O/c20-16-8-6-15(7-9-16)19(23-13-21-12-22-23)18-11-10-17(24-18)14-4-2-1-3-5-14/h1-13,19H. The van der Waals surface area contributed by atoms with Crippen LogP contribution in [0.1, 0.15) is 17.4 Å². The number of hydrogen-bond acceptors (Lipinski definition) is 3. The highest BCUT2D eigenvalue weighted by atomic mass is 19.1. The Morgan fingerprint density at radius 1 is 0.917 bits per heavy atom. The molecule has 0 aliphatic carbocycles. The van der Waals surface area contributed by atoms with Gasteiger partial charge in [-0.15, -0.1) is 0 Å². The van der Waals surface area contributed by atoms with Crippen molar-refractivity contribution in [1.29, 1.82) is 0 Å². The van der Waals surface area contributed by atoms with Crippen molar-refractivity contribution in [2.24, 2.45) is 0 Å². The van der Waals surface area contributed by atoms with Crippen molar-refractivity contribution in [1.82, 2.24) is 14.8 Å². The molecule has 0 saturated carbocycles. The number of nitrogens with zero attached hydrogens (tertiary/aromatic N) is 3. The average Bonchev–Trinajstić information content (AvgIpc) is 3.30. The molecule has 0 amide bonds. The highest BCUT2D eigenvalue weighted by molar-refractivity contribution is 5.57. The smallest absolute Gasteiger partial charge is 0.137 e. The van der Waals surface area contributed by atoms with Gasteiger partial charge >= 0.3 is 0 Å². The molecule has 0 N–H and O–H groups in total. The lowest BCUT2D eigenvalue weighted by Crippen LogP contribution is -2.12. The van der Waals surface area contributed by atoms with Crippen LogP contribution in [-0.2, 0) is 0 Å². The maximum Gasteiger partial charge on any atom is 0.137 e. The molecule has 0 spiro atoms. The highest BCUT2D eigenvalue weighted by Gasteiger charge is 2.21. The first kappa shape index (κ1) is 14.4. The number of halogens is 1. The lowest BCUT2D eigenvalue weighted by atomic mass is 10.0. The summed E-state index contributed by atoms with van der Waals surface area (Å²) in [5.74, 6) is 1.21. The van der Waals surface area contributed by atoms with Gasteiger partial charge in [-0.1, -0.05) is 42.5 Å². The molecule has 2 heterocycles. The van der Waals surface area contributed by atoms with Crippen LogP contribution in [0.25, 0.3) is 11.3 Å². The molecule has 118 valence electrons. The molecule has 0 fully saturated rings. The Morgan fingerprint density at radius 2 is 1.71 bits per heavy atom. The van der Waals surface area contributed by atoms with Gasteiger partial charge in [-0.05, 0) is 29.8 Å². The molecule has 1 atom stereocenters. The second-order valence-corrected chi connectivity index (χ2v) is 5.40. The maximum absolute atomic E-state index is 13.3. The van der Waals surface area contributed by atoms with Crippen molar-refractivity contribution < 1.29 is 8.81 Å². The minimum absolute atomic E-state index is 0.277. The van der Waals surface area contributed by atoms with Crippen molar-refractivity contribution in [2.75, 3.05) is 0 Å². The molecule has 0 aliphatic heterocycles. The first-order valence-corrected chi connectivity index (χ1v) is 7.56. The SMILES string of the molecule is Fc1ccc(C(c2ccc(-c3ccccc3)o2)n2cncn2)cc1. The van der Waals surface area contributed by atoms with E-state index in [0.717, 1.165) is 16.9 Å². The van der Waals surface area contributed by atoms with E-state index in [1.807, 2.05) is 42.5 Å². The van der Waals surface area contributed by atoms with Gasteiger partial charge in [0.15, 0.2) is 0 Å². The van der Waals surface area contributed by atoms with E-state index in [0.29, 0.717) is 5.76 Å². The van der Waals surface area contributed by atoms with Crippen molar-refractivity contribution in [2.45, 2.75) is 6.04 Å². The van der Waals surface area contributed by atoms with Crippen LogP contribution in [0.4, 0.5) is 4.39 Å². The Morgan fingerprint density at radius 3 is 2.42 bits per heavy atom. The van der Waals surface area contributed by atoms with Crippen LogP contribution in [0.5, 0.6) is 0 Å². The van der Waals surface area contributed by atoms with Crippen molar-refractivity contribution in [3.63, 3.8) is 0 Å². The summed E-state index contributed by atoms with van der Waals surface area (Å²) in [6.07, 6.45) is 3.09. The number of benzene rings is 2. The second kappa shape index (κ2) is 6.12. The van der Waals surface area contributed by atoms with Crippen LogP contribution >= 0.6 is 0 Å². The van der Waals surface area contributed by atoms with Gasteiger partial charge in [-0.2, -0.15) is 5.10 Å². The lowest BCUT2D eigenvalue weighted by Gasteiger charge is -2.15. The highest BCUT2D eigenvalue weighted by Crippen LogP contribution is 2.31. The molecular formula is C19H14FN3O. The van der Waals surface area contributed by atoms with Crippen molar-refractivity contribution in [3.8, 4) is 11.3 Å². The molecule has 4 rings (SSSR count). The van der Waals surface area contributed by atoms with Gasteiger partial charge in [-0.3, -0.25) is 0 Å². The summed E-state index contributed by atoms with van der Waals surface area (Å²) in [6.45, 7) is 0. The quantitative estimate of drug-likeness (QED) is 0.563. The van der Waals surface area contributed by atoms with E-state index in [1.54, 1.807) is 23.1 Å².